The standard InChI is InChI=1S/C16H24N2O2/c1-17(2)16(20)14-6-4-12(5-7-14)10-18(3)11-15(19)13-8-9-13/h4-7,13,15,19H,8-11H2,1-3H3. The molecule has 1 aromatic carbocycles. The number of amides is 1. The van der Waals surface area contributed by atoms with Crippen molar-refractivity contribution in [3.05, 3.63) is 35.4 Å². The van der Waals surface area contributed by atoms with Gasteiger partial charge in [-0.25, -0.2) is 0 Å². The van der Waals surface area contributed by atoms with E-state index >= 15 is 0 Å². The third-order valence-corrected chi connectivity index (χ3v) is 3.72. The zero-order valence-electron chi connectivity index (χ0n) is 12.5. The van der Waals surface area contributed by atoms with Crippen molar-refractivity contribution in [2.75, 3.05) is 27.7 Å². The van der Waals surface area contributed by atoms with Crippen LogP contribution < -0.4 is 0 Å². The van der Waals surface area contributed by atoms with Crippen LogP contribution in [-0.4, -0.2) is 54.6 Å². The minimum absolute atomic E-state index is 0.0223. The maximum Gasteiger partial charge on any atom is 0.253 e. The average molecular weight is 276 g/mol. The molecule has 1 saturated carbocycles. The van der Waals surface area contributed by atoms with E-state index in [2.05, 4.69) is 4.90 Å². The Kier molecular flexibility index (Phi) is 4.78. The minimum Gasteiger partial charge on any atom is -0.392 e. The van der Waals surface area contributed by atoms with Crippen LogP contribution in [0.2, 0.25) is 0 Å². The van der Waals surface area contributed by atoms with E-state index in [9.17, 15) is 9.90 Å². The van der Waals surface area contributed by atoms with E-state index in [0.29, 0.717) is 18.0 Å². The molecule has 1 amide bonds. The highest BCUT2D eigenvalue weighted by molar-refractivity contribution is 5.93. The maximum atomic E-state index is 11.8. The molecule has 4 heteroatoms. The lowest BCUT2D eigenvalue weighted by Gasteiger charge is -2.20. The second-order valence-electron chi connectivity index (χ2n) is 6.00. The minimum atomic E-state index is -0.199. The van der Waals surface area contributed by atoms with Crippen molar-refractivity contribution >= 4 is 5.91 Å². The first kappa shape index (κ1) is 15.0. The normalized spacial score (nSPS) is 16.2. The summed E-state index contributed by atoms with van der Waals surface area (Å²) in [6.07, 6.45) is 2.13. The lowest BCUT2D eigenvalue weighted by Crippen LogP contribution is -2.30. The van der Waals surface area contributed by atoms with Gasteiger partial charge < -0.3 is 10.0 Å². The van der Waals surface area contributed by atoms with E-state index in [-0.39, 0.29) is 12.0 Å². The number of hydrogen-bond acceptors (Lipinski definition) is 3. The first-order chi connectivity index (χ1) is 9.47. The molecule has 1 fully saturated rings. The molecule has 1 unspecified atom stereocenters. The van der Waals surface area contributed by atoms with Gasteiger partial charge in [0.2, 0.25) is 0 Å². The summed E-state index contributed by atoms with van der Waals surface area (Å²) in [5.74, 6) is 0.534. The van der Waals surface area contributed by atoms with Crippen molar-refractivity contribution in [1.82, 2.24) is 9.80 Å². The number of benzene rings is 1. The van der Waals surface area contributed by atoms with Gasteiger partial charge in [0.05, 0.1) is 6.10 Å². The molecule has 1 aromatic rings. The number of carbonyl (C=O) groups excluding carboxylic acids is 1. The summed E-state index contributed by atoms with van der Waals surface area (Å²) >= 11 is 0. The maximum absolute atomic E-state index is 11.8. The van der Waals surface area contributed by atoms with Crippen LogP contribution in [0.25, 0.3) is 0 Å². The van der Waals surface area contributed by atoms with Gasteiger partial charge in [0.25, 0.3) is 5.91 Å². The second kappa shape index (κ2) is 6.37. The molecule has 20 heavy (non-hydrogen) atoms. The summed E-state index contributed by atoms with van der Waals surface area (Å²) in [6, 6.07) is 7.69. The molecule has 1 atom stereocenters. The Bertz CT molecular complexity index is 452. The molecular weight excluding hydrogens is 252 g/mol. The van der Waals surface area contributed by atoms with Crippen molar-refractivity contribution in [3.63, 3.8) is 0 Å². The molecule has 0 aromatic heterocycles. The molecule has 110 valence electrons. The molecule has 0 spiro atoms. The molecule has 0 radical (unpaired) electrons. The molecule has 1 aliphatic rings. The molecule has 1 aliphatic carbocycles. The number of likely N-dealkylation sites (N-methyl/N-ethyl adjacent to an activating group) is 1. The molecule has 0 bridgehead atoms. The highest BCUT2D eigenvalue weighted by Gasteiger charge is 2.30. The van der Waals surface area contributed by atoms with Gasteiger partial charge in [0.1, 0.15) is 0 Å². The van der Waals surface area contributed by atoms with Gasteiger partial charge in [-0.15, -0.1) is 0 Å². The molecule has 0 saturated heterocycles. The Labute approximate surface area is 121 Å². The van der Waals surface area contributed by atoms with E-state index in [1.165, 1.54) is 0 Å². The van der Waals surface area contributed by atoms with Gasteiger partial charge >= 0.3 is 0 Å². The van der Waals surface area contributed by atoms with Crippen LogP contribution in [0.4, 0.5) is 0 Å². The summed E-state index contributed by atoms with van der Waals surface area (Å²) in [5.41, 5.74) is 1.87. The fraction of sp³-hybridized carbons (Fsp3) is 0.562. The van der Waals surface area contributed by atoms with Gasteiger partial charge in [-0.05, 0) is 43.5 Å². The van der Waals surface area contributed by atoms with Crippen molar-refractivity contribution in [1.29, 1.82) is 0 Å². The van der Waals surface area contributed by atoms with Gasteiger partial charge in [0, 0.05) is 32.7 Å². The fourth-order valence-electron chi connectivity index (χ4n) is 2.34. The van der Waals surface area contributed by atoms with Crippen LogP contribution in [0, 0.1) is 5.92 Å². The van der Waals surface area contributed by atoms with E-state index in [1.54, 1.807) is 19.0 Å². The Balaban J connectivity index is 1.87. The van der Waals surface area contributed by atoms with Crippen molar-refractivity contribution in [2.45, 2.75) is 25.5 Å². The zero-order chi connectivity index (χ0) is 14.7. The van der Waals surface area contributed by atoms with Gasteiger partial charge in [-0.1, -0.05) is 12.1 Å². The summed E-state index contributed by atoms with van der Waals surface area (Å²) in [5, 5.41) is 9.92. The Morgan fingerprint density at radius 1 is 1.25 bits per heavy atom. The SMILES string of the molecule is CN(Cc1ccc(C(=O)N(C)C)cc1)CC(O)C1CC1. The second-order valence-corrected chi connectivity index (χ2v) is 6.00. The predicted octanol–water partition coefficient (Wildman–Crippen LogP) is 1.59. The number of aliphatic hydroxyl groups is 1. The average Bonchev–Trinajstić information content (AvgIpc) is 3.22. The number of carbonyl (C=O) groups is 1. The lowest BCUT2D eigenvalue weighted by atomic mass is 10.1. The van der Waals surface area contributed by atoms with Crippen molar-refractivity contribution in [3.8, 4) is 0 Å². The topological polar surface area (TPSA) is 43.8 Å². The van der Waals surface area contributed by atoms with Gasteiger partial charge in [-0.2, -0.15) is 0 Å². The third kappa shape index (κ3) is 4.05. The molecule has 2 rings (SSSR count). The summed E-state index contributed by atoms with van der Waals surface area (Å²) in [6.45, 7) is 1.50. The van der Waals surface area contributed by atoms with E-state index in [4.69, 9.17) is 0 Å². The van der Waals surface area contributed by atoms with E-state index < -0.39 is 0 Å². The lowest BCUT2D eigenvalue weighted by molar-refractivity contribution is 0.0827. The summed E-state index contributed by atoms with van der Waals surface area (Å²) in [4.78, 5) is 15.5. The van der Waals surface area contributed by atoms with Gasteiger partial charge in [-0.3, -0.25) is 9.69 Å². The van der Waals surface area contributed by atoms with E-state index in [0.717, 1.165) is 24.9 Å². The molecular formula is C16H24N2O2. The van der Waals surface area contributed by atoms with Crippen LogP contribution >= 0.6 is 0 Å². The first-order valence-electron chi connectivity index (χ1n) is 7.14. The Morgan fingerprint density at radius 2 is 1.85 bits per heavy atom. The zero-order valence-corrected chi connectivity index (χ0v) is 12.5. The highest BCUT2D eigenvalue weighted by Crippen LogP contribution is 2.32. The predicted molar refractivity (Wildman–Crippen MR) is 79.5 cm³/mol. The van der Waals surface area contributed by atoms with E-state index in [1.807, 2.05) is 31.3 Å². The number of aliphatic hydroxyl groups excluding tert-OH is 1. The van der Waals surface area contributed by atoms with Crippen LogP contribution in [-0.2, 0) is 6.54 Å². The van der Waals surface area contributed by atoms with Crippen LogP contribution in [0.1, 0.15) is 28.8 Å². The van der Waals surface area contributed by atoms with Crippen LogP contribution in [0.15, 0.2) is 24.3 Å². The monoisotopic (exact) mass is 276 g/mol. The van der Waals surface area contributed by atoms with Crippen molar-refractivity contribution in [2.24, 2.45) is 5.92 Å². The molecule has 1 N–H and O–H groups in total. The summed E-state index contributed by atoms with van der Waals surface area (Å²) in [7, 11) is 5.52. The quantitative estimate of drug-likeness (QED) is 0.858. The van der Waals surface area contributed by atoms with Gasteiger partial charge in [0.15, 0.2) is 0 Å². The Hall–Kier alpha value is -1.39. The number of rotatable bonds is 6. The van der Waals surface area contributed by atoms with Crippen LogP contribution in [0.5, 0.6) is 0 Å². The first-order valence-corrected chi connectivity index (χ1v) is 7.14. The Morgan fingerprint density at radius 3 is 2.35 bits per heavy atom. The number of hydrogen-bond donors (Lipinski definition) is 1. The largest absolute Gasteiger partial charge is 0.392 e. The molecule has 0 aliphatic heterocycles. The smallest absolute Gasteiger partial charge is 0.253 e. The van der Waals surface area contributed by atoms with Crippen LogP contribution in [0.3, 0.4) is 0 Å². The highest BCUT2D eigenvalue weighted by atomic mass is 16.3. The summed E-state index contributed by atoms with van der Waals surface area (Å²) < 4.78 is 0. The third-order valence-electron chi connectivity index (χ3n) is 3.72. The number of nitrogens with zero attached hydrogens (tertiary/aromatic N) is 2. The van der Waals surface area contributed by atoms with Crippen molar-refractivity contribution < 1.29 is 9.90 Å². The fourth-order valence-corrected chi connectivity index (χ4v) is 2.34. The molecule has 0 heterocycles. The molecule has 4 nitrogen and oxygen atoms in total.